The van der Waals surface area contributed by atoms with Crippen molar-refractivity contribution in [3.05, 3.63) is 29.6 Å². The molecule has 0 amide bonds. The van der Waals surface area contributed by atoms with Crippen LogP contribution in [0, 0.1) is 6.92 Å². The van der Waals surface area contributed by atoms with Crippen LogP contribution in [0.4, 0.5) is 0 Å². The van der Waals surface area contributed by atoms with Crippen LogP contribution < -0.4 is 0 Å². The lowest BCUT2D eigenvalue weighted by molar-refractivity contribution is 0.707. The van der Waals surface area contributed by atoms with E-state index < -0.39 is 0 Å². The van der Waals surface area contributed by atoms with E-state index in [1.807, 2.05) is 6.20 Å². The normalized spacial score (nSPS) is 13.0. The highest BCUT2D eigenvalue weighted by atomic mass is 14.7. The van der Waals surface area contributed by atoms with Crippen LogP contribution >= 0.6 is 0 Å². The first-order chi connectivity index (χ1) is 5.24. The molecule has 1 rings (SSSR count). The smallest absolute Gasteiger partial charge is 0.0431 e. The fourth-order valence-corrected chi connectivity index (χ4v) is 0.980. The van der Waals surface area contributed by atoms with Gasteiger partial charge in [0.1, 0.15) is 0 Å². The molecule has 0 spiro atoms. The summed E-state index contributed by atoms with van der Waals surface area (Å²) >= 11 is 0. The van der Waals surface area contributed by atoms with Gasteiger partial charge in [-0.2, -0.15) is 0 Å². The fraction of sp³-hybridized carbons (Fsp3) is 0.500. The van der Waals surface area contributed by atoms with Gasteiger partial charge in [-0.1, -0.05) is 19.9 Å². The van der Waals surface area contributed by atoms with Crippen molar-refractivity contribution >= 4 is 0 Å². The number of hydrogen-bond donors (Lipinski definition) is 0. The zero-order chi connectivity index (χ0) is 8.27. The monoisotopic (exact) mass is 149 g/mol. The van der Waals surface area contributed by atoms with Gasteiger partial charge in [0.25, 0.3) is 0 Å². The van der Waals surface area contributed by atoms with E-state index in [2.05, 4.69) is 37.9 Å². The van der Waals surface area contributed by atoms with Crippen molar-refractivity contribution in [3.8, 4) is 0 Å². The third-order valence-electron chi connectivity index (χ3n) is 2.05. The number of rotatable bonds is 2. The van der Waals surface area contributed by atoms with Crippen LogP contribution in [0.5, 0.6) is 0 Å². The molecular formula is C10H15N. The van der Waals surface area contributed by atoms with E-state index in [0.29, 0.717) is 5.92 Å². The summed E-state index contributed by atoms with van der Waals surface area (Å²) in [6.07, 6.45) is 3.09. The van der Waals surface area contributed by atoms with Gasteiger partial charge < -0.3 is 0 Å². The Morgan fingerprint density at radius 1 is 1.45 bits per heavy atom. The molecule has 1 unspecified atom stereocenters. The summed E-state index contributed by atoms with van der Waals surface area (Å²) < 4.78 is 0. The highest BCUT2D eigenvalue weighted by molar-refractivity contribution is 5.14. The number of hydrogen-bond acceptors (Lipinski definition) is 1. The van der Waals surface area contributed by atoms with Crippen molar-refractivity contribution in [2.45, 2.75) is 33.1 Å². The first-order valence-electron chi connectivity index (χ1n) is 4.16. The Labute approximate surface area is 68.5 Å². The standard InChI is InChI=1S/C10H15N/c1-4-9(3)10-6-5-8(2)7-11-10/h5-7,9H,4H2,1-3H3. The lowest BCUT2D eigenvalue weighted by Crippen LogP contribution is -1.94. The van der Waals surface area contributed by atoms with Gasteiger partial charge in [0.15, 0.2) is 0 Å². The maximum atomic E-state index is 4.35. The van der Waals surface area contributed by atoms with Gasteiger partial charge in [-0.25, -0.2) is 0 Å². The molecule has 0 N–H and O–H groups in total. The lowest BCUT2D eigenvalue weighted by Gasteiger charge is -2.06. The van der Waals surface area contributed by atoms with Crippen LogP contribution in [0.25, 0.3) is 0 Å². The van der Waals surface area contributed by atoms with E-state index in [4.69, 9.17) is 0 Å². The molecule has 0 aliphatic carbocycles. The predicted octanol–water partition coefficient (Wildman–Crippen LogP) is 2.90. The molecule has 1 aromatic heterocycles. The van der Waals surface area contributed by atoms with Gasteiger partial charge in [0, 0.05) is 11.9 Å². The number of aryl methyl sites for hydroxylation is 1. The summed E-state index contributed by atoms with van der Waals surface area (Å²) in [6, 6.07) is 4.23. The van der Waals surface area contributed by atoms with Crippen molar-refractivity contribution < 1.29 is 0 Å². The quantitative estimate of drug-likeness (QED) is 0.630. The first kappa shape index (κ1) is 8.25. The molecule has 0 saturated heterocycles. The fourth-order valence-electron chi connectivity index (χ4n) is 0.980. The number of nitrogens with zero attached hydrogens (tertiary/aromatic N) is 1. The Morgan fingerprint density at radius 2 is 2.18 bits per heavy atom. The second-order valence-electron chi connectivity index (χ2n) is 3.07. The molecule has 0 aliphatic rings. The van der Waals surface area contributed by atoms with Gasteiger partial charge in [-0.05, 0) is 30.9 Å². The minimum atomic E-state index is 0.593. The summed E-state index contributed by atoms with van der Waals surface area (Å²) in [6.45, 7) is 6.46. The van der Waals surface area contributed by atoms with Crippen LogP contribution in [0.15, 0.2) is 18.3 Å². The lowest BCUT2D eigenvalue weighted by atomic mass is 10.0. The molecule has 1 heterocycles. The molecule has 0 bridgehead atoms. The average molecular weight is 149 g/mol. The zero-order valence-electron chi connectivity index (χ0n) is 7.46. The Kier molecular flexibility index (Phi) is 2.64. The van der Waals surface area contributed by atoms with Crippen LogP contribution in [0.3, 0.4) is 0 Å². The second kappa shape index (κ2) is 3.51. The Morgan fingerprint density at radius 3 is 2.64 bits per heavy atom. The summed E-state index contributed by atoms with van der Waals surface area (Å²) in [4.78, 5) is 4.35. The Balaban J connectivity index is 2.81. The molecule has 1 aromatic rings. The second-order valence-corrected chi connectivity index (χ2v) is 3.07. The molecular weight excluding hydrogens is 134 g/mol. The molecule has 0 aromatic carbocycles. The van der Waals surface area contributed by atoms with E-state index in [-0.39, 0.29) is 0 Å². The largest absolute Gasteiger partial charge is 0.261 e. The van der Waals surface area contributed by atoms with Crippen LogP contribution in [-0.2, 0) is 0 Å². The van der Waals surface area contributed by atoms with Crippen molar-refractivity contribution in [1.29, 1.82) is 0 Å². The van der Waals surface area contributed by atoms with Gasteiger partial charge in [-0.3, -0.25) is 4.98 Å². The molecule has 60 valence electrons. The molecule has 0 saturated carbocycles. The topological polar surface area (TPSA) is 12.9 Å². The van der Waals surface area contributed by atoms with Crippen LogP contribution in [-0.4, -0.2) is 4.98 Å². The van der Waals surface area contributed by atoms with Gasteiger partial charge >= 0.3 is 0 Å². The Hall–Kier alpha value is -0.850. The van der Waals surface area contributed by atoms with Crippen molar-refractivity contribution in [1.82, 2.24) is 4.98 Å². The summed E-state index contributed by atoms with van der Waals surface area (Å²) in [7, 11) is 0. The van der Waals surface area contributed by atoms with E-state index in [0.717, 1.165) is 6.42 Å². The number of pyridine rings is 1. The Bertz CT molecular complexity index is 213. The van der Waals surface area contributed by atoms with E-state index in [1.54, 1.807) is 0 Å². The van der Waals surface area contributed by atoms with E-state index in [9.17, 15) is 0 Å². The van der Waals surface area contributed by atoms with Crippen molar-refractivity contribution in [2.24, 2.45) is 0 Å². The van der Waals surface area contributed by atoms with Crippen molar-refractivity contribution in [3.63, 3.8) is 0 Å². The maximum absolute atomic E-state index is 4.35. The molecule has 1 nitrogen and oxygen atoms in total. The summed E-state index contributed by atoms with van der Waals surface area (Å²) in [5, 5.41) is 0. The van der Waals surface area contributed by atoms with Gasteiger partial charge in [0.2, 0.25) is 0 Å². The summed E-state index contributed by atoms with van der Waals surface area (Å²) in [5.74, 6) is 0.593. The highest BCUT2D eigenvalue weighted by Gasteiger charge is 2.01. The zero-order valence-corrected chi connectivity index (χ0v) is 7.46. The minimum Gasteiger partial charge on any atom is -0.261 e. The van der Waals surface area contributed by atoms with Crippen molar-refractivity contribution in [2.75, 3.05) is 0 Å². The SMILES string of the molecule is CCC(C)c1ccc(C)cn1. The third kappa shape index (κ3) is 2.04. The van der Waals surface area contributed by atoms with Gasteiger partial charge in [0.05, 0.1) is 0 Å². The first-order valence-corrected chi connectivity index (χ1v) is 4.16. The van der Waals surface area contributed by atoms with Gasteiger partial charge in [-0.15, -0.1) is 0 Å². The van der Waals surface area contributed by atoms with Crippen LogP contribution in [0.2, 0.25) is 0 Å². The molecule has 0 fully saturated rings. The molecule has 0 radical (unpaired) electrons. The minimum absolute atomic E-state index is 0.593. The molecule has 0 aliphatic heterocycles. The molecule has 11 heavy (non-hydrogen) atoms. The third-order valence-corrected chi connectivity index (χ3v) is 2.05. The van der Waals surface area contributed by atoms with Crippen LogP contribution in [0.1, 0.15) is 37.4 Å². The number of aromatic nitrogens is 1. The molecule has 1 atom stereocenters. The maximum Gasteiger partial charge on any atom is 0.0431 e. The predicted molar refractivity (Wildman–Crippen MR) is 47.7 cm³/mol. The highest BCUT2D eigenvalue weighted by Crippen LogP contribution is 2.15. The summed E-state index contributed by atoms with van der Waals surface area (Å²) in [5.41, 5.74) is 2.44. The average Bonchev–Trinajstić information content (AvgIpc) is 2.05. The molecule has 1 heteroatoms. The van der Waals surface area contributed by atoms with E-state index in [1.165, 1.54) is 11.3 Å². The van der Waals surface area contributed by atoms with E-state index >= 15 is 0 Å².